The summed E-state index contributed by atoms with van der Waals surface area (Å²) in [5.41, 5.74) is 0. The third-order valence-corrected chi connectivity index (χ3v) is 3.23. The summed E-state index contributed by atoms with van der Waals surface area (Å²) in [5, 5.41) is 9.10. The van der Waals surface area contributed by atoms with E-state index in [1.54, 1.807) is 7.11 Å². The van der Waals surface area contributed by atoms with Gasteiger partial charge in [0, 0.05) is 19.2 Å². The normalized spacial score (nSPS) is 11.8. The molecular formula is C18H31IN4O3. The topological polar surface area (TPSA) is 84.0 Å². The van der Waals surface area contributed by atoms with Crippen molar-refractivity contribution < 1.29 is 14.3 Å². The van der Waals surface area contributed by atoms with Gasteiger partial charge >= 0.3 is 0 Å². The number of hydrogen-bond acceptors (Lipinski definition) is 4. The maximum absolute atomic E-state index is 11.6. The molecule has 0 aliphatic carbocycles. The minimum atomic E-state index is -0.0836. The fourth-order valence-corrected chi connectivity index (χ4v) is 2.00. The zero-order valence-corrected chi connectivity index (χ0v) is 18.3. The van der Waals surface area contributed by atoms with Gasteiger partial charge < -0.3 is 25.4 Å². The lowest BCUT2D eigenvalue weighted by Crippen LogP contribution is -2.42. The molecule has 148 valence electrons. The van der Waals surface area contributed by atoms with Crippen LogP contribution in [0.5, 0.6) is 11.5 Å². The molecule has 0 saturated heterocycles. The largest absolute Gasteiger partial charge is 0.497 e. The van der Waals surface area contributed by atoms with Crippen molar-refractivity contribution in [3.63, 3.8) is 0 Å². The second-order valence-corrected chi connectivity index (χ2v) is 5.53. The molecule has 26 heavy (non-hydrogen) atoms. The maximum Gasteiger partial charge on any atom is 0.241 e. The number of carbonyl (C=O) groups excluding carboxylic acids is 1. The van der Waals surface area contributed by atoms with E-state index in [0.29, 0.717) is 25.6 Å². The lowest BCUT2D eigenvalue weighted by atomic mass is 10.3. The molecule has 0 bridgehead atoms. The molecule has 0 radical (unpaired) electrons. The zero-order valence-electron chi connectivity index (χ0n) is 16.0. The van der Waals surface area contributed by atoms with Crippen LogP contribution in [0.2, 0.25) is 0 Å². The summed E-state index contributed by atoms with van der Waals surface area (Å²) in [6.45, 7) is 7.99. The number of guanidine groups is 1. The van der Waals surface area contributed by atoms with Crippen LogP contribution in [0.1, 0.15) is 27.2 Å². The van der Waals surface area contributed by atoms with E-state index in [-0.39, 0.29) is 42.5 Å². The Morgan fingerprint density at radius 1 is 1.19 bits per heavy atom. The average Bonchev–Trinajstić information content (AvgIpc) is 2.62. The highest BCUT2D eigenvalue weighted by atomic mass is 127. The molecule has 0 aliphatic rings. The zero-order chi connectivity index (χ0) is 18.5. The number of ether oxygens (including phenoxy) is 2. The molecule has 0 spiro atoms. The number of halogens is 1. The van der Waals surface area contributed by atoms with Gasteiger partial charge in [0.15, 0.2) is 5.96 Å². The van der Waals surface area contributed by atoms with Crippen LogP contribution in [-0.2, 0) is 4.79 Å². The minimum Gasteiger partial charge on any atom is -0.497 e. The highest BCUT2D eigenvalue weighted by Gasteiger charge is 2.07. The summed E-state index contributed by atoms with van der Waals surface area (Å²) in [6.07, 6.45) is 0.831. The Bertz CT molecular complexity index is 555. The fraction of sp³-hybridized carbons (Fsp3) is 0.556. The Morgan fingerprint density at radius 2 is 1.92 bits per heavy atom. The van der Waals surface area contributed by atoms with Gasteiger partial charge in [0.2, 0.25) is 5.91 Å². The molecule has 1 unspecified atom stereocenters. The molecule has 0 fully saturated rings. The summed E-state index contributed by atoms with van der Waals surface area (Å²) in [6, 6.07) is 7.48. The standard InChI is InChI=1S/C18H30N4O3.HI/c1-5-10-20-17(23)13-22-18(19-6-2)21-12-14(3)25-16-9-7-8-15(11-16)24-4;/h7-9,11,14H,5-6,10,12-13H2,1-4H3,(H,20,23)(H2,19,21,22);1H. The van der Waals surface area contributed by atoms with Crippen molar-refractivity contribution in [3.8, 4) is 11.5 Å². The summed E-state index contributed by atoms with van der Waals surface area (Å²) in [7, 11) is 1.62. The third-order valence-electron chi connectivity index (χ3n) is 3.23. The Morgan fingerprint density at radius 3 is 2.58 bits per heavy atom. The van der Waals surface area contributed by atoms with Crippen molar-refractivity contribution >= 4 is 35.8 Å². The first kappa shape index (κ1) is 24.3. The van der Waals surface area contributed by atoms with Crippen molar-refractivity contribution in [1.29, 1.82) is 0 Å². The number of methoxy groups -OCH3 is 1. The molecule has 1 aromatic carbocycles. The number of amides is 1. The van der Waals surface area contributed by atoms with Crippen molar-refractivity contribution in [2.75, 3.05) is 33.3 Å². The summed E-state index contributed by atoms with van der Waals surface area (Å²) < 4.78 is 11.0. The van der Waals surface area contributed by atoms with E-state index >= 15 is 0 Å². The molecule has 3 N–H and O–H groups in total. The van der Waals surface area contributed by atoms with Crippen LogP contribution in [0.25, 0.3) is 0 Å². The van der Waals surface area contributed by atoms with Crippen LogP contribution in [0.4, 0.5) is 0 Å². The fourth-order valence-electron chi connectivity index (χ4n) is 2.00. The second-order valence-electron chi connectivity index (χ2n) is 5.53. The van der Waals surface area contributed by atoms with Gasteiger partial charge in [-0.2, -0.15) is 0 Å². The van der Waals surface area contributed by atoms with Gasteiger partial charge in [0.05, 0.1) is 13.7 Å². The first-order valence-electron chi connectivity index (χ1n) is 8.68. The molecule has 1 aromatic rings. The number of nitrogens with zero attached hydrogens (tertiary/aromatic N) is 1. The van der Waals surface area contributed by atoms with Gasteiger partial charge in [-0.25, -0.2) is 4.99 Å². The number of nitrogens with one attached hydrogen (secondary N) is 3. The van der Waals surface area contributed by atoms with E-state index in [2.05, 4.69) is 20.9 Å². The summed E-state index contributed by atoms with van der Waals surface area (Å²) in [4.78, 5) is 15.9. The van der Waals surface area contributed by atoms with Gasteiger partial charge in [-0.1, -0.05) is 13.0 Å². The average molecular weight is 478 g/mol. The van der Waals surface area contributed by atoms with Gasteiger partial charge in [-0.15, -0.1) is 24.0 Å². The molecule has 1 atom stereocenters. The van der Waals surface area contributed by atoms with Gasteiger partial charge in [0.25, 0.3) is 0 Å². The molecule has 0 aromatic heterocycles. The van der Waals surface area contributed by atoms with E-state index < -0.39 is 0 Å². The first-order chi connectivity index (χ1) is 12.1. The van der Waals surface area contributed by atoms with E-state index in [4.69, 9.17) is 9.47 Å². The number of benzene rings is 1. The monoisotopic (exact) mass is 478 g/mol. The van der Waals surface area contributed by atoms with Crippen molar-refractivity contribution in [2.24, 2.45) is 4.99 Å². The molecule has 7 nitrogen and oxygen atoms in total. The summed E-state index contributed by atoms with van der Waals surface area (Å²) in [5.74, 6) is 2.01. The first-order valence-corrected chi connectivity index (χ1v) is 8.68. The van der Waals surface area contributed by atoms with E-state index in [9.17, 15) is 4.79 Å². The Balaban J connectivity index is 0.00000625. The van der Waals surface area contributed by atoms with Crippen LogP contribution in [0, 0.1) is 0 Å². The maximum atomic E-state index is 11.6. The quantitative estimate of drug-likeness (QED) is 0.273. The number of rotatable bonds is 10. The SMILES string of the molecule is CCCNC(=O)CN=C(NCC)NCC(C)Oc1cccc(OC)c1.I. The summed E-state index contributed by atoms with van der Waals surface area (Å²) >= 11 is 0. The Hall–Kier alpha value is -1.71. The molecule has 1 rings (SSSR count). The van der Waals surface area contributed by atoms with E-state index in [1.807, 2.05) is 45.0 Å². The number of hydrogen-bond donors (Lipinski definition) is 3. The van der Waals surface area contributed by atoms with Gasteiger partial charge in [-0.05, 0) is 32.4 Å². The van der Waals surface area contributed by atoms with Gasteiger partial charge in [0.1, 0.15) is 24.1 Å². The predicted octanol–water partition coefficient (Wildman–Crippen LogP) is 2.16. The molecule has 0 heterocycles. The van der Waals surface area contributed by atoms with Crippen LogP contribution >= 0.6 is 24.0 Å². The smallest absolute Gasteiger partial charge is 0.241 e. The second kappa shape index (κ2) is 14.5. The molecule has 8 heteroatoms. The van der Waals surface area contributed by atoms with Crippen LogP contribution in [0.15, 0.2) is 29.3 Å². The molecule has 1 amide bonds. The van der Waals surface area contributed by atoms with Gasteiger partial charge in [-0.3, -0.25) is 4.79 Å². The van der Waals surface area contributed by atoms with E-state index in [0.717, 1.165) is 17.9 Å². The Kier molecular flexibility index (Phi) is 13.5. The van der Waals surface area contributed by atoms with Crippen molar-refractivity contribution in [3.05, 3.63) is 24.3 Å². The highest BCUT2D eigenvalue weighted by molar-refractivity contribution is 14.0. The lowest BCUT2D eigenvalue weighted by Gasteiger charge is -2.18. The van der Waals surface area contributed by atoms with Crippen LogP contribution in [0.3, 0.4) is 0 Å². The molecule has 0 aliphatic heterocycles. The van der Waals surface area contributed by atoms with Crippen molar-refractivity contribution in [1.82, 2.24) is 16.0 Å². The number of aliphatic imine (C=N–C) groups is 1. The lowest BCUT2D eigenvalue weighted by molar-refractivity contribution is -0.119. The third kappa shape index (κ3) is 10.3. The van der Waals surface area contributed by atoms with E-state index in [1.165, 1.54) is 0 Å². The molecule has 0 saturated carbocycles. The van der Waals surface area contributed by atoms with Crippen molar-refractivity contribution in [2.45, 2.75) is 33.3 Å². The Labute approximate surface area is 173 Å². The predicted molar refractivity (Wildman–Crippen MR) is 116 cm³/mol. The van der Waals surface area contributed by atoms with Crippen LogP contribution in [-0.4, -0.2) is 51.3 Å². The van der Waals surface area contributed by atoms with Crippen LogP contribution < -0.4 is 25.4 Å². The molecular weight excluding hydrogens is 447 g/mol. The highest BCUT2D eigenvalue weighted by Crippen LogP contribution is 2.19. The number of carbonyl (C=O) groups is 1. The minimum absolute atomic E-state index is 0.